The number of aromatic nitrogens is 2. The van der Waals surface area contributed by atoms with E-state index < -0.39 is 0 Å². The van der Waals surface area contributed by atoms with Gasteiger partial charge in [-0.2, -0.15) is 0 Å². The molecule has 1 fully saturated rings. The SMILES string of the molecule is CCCNc1cnc(C(=O)N2CCCC2CC)cn1. The first kappa shape index (κ1) is 13.8. The Kier molecular flexibility index (Phi) is 4.71. The van der Waals surface area contributed by atoms with Gasteiger partial charge in [0.2, 0.25) is 0 Å². The van der Waals surface area contributed by atoms with E-state index in [1.807, 2.05) is 4.90 Å². The summed E-state index contributed by atoms with van der Waals surface area (Å²) >= 11 is 0. The summed E-state index contributed by atoms with van der Waals surface area (Å²) in [7, 11) is 0. The standard InChI is InChI=1S/C14H22N4O/c1-3-7-15-13-10-16-12(9-17-13)14(19)18-8-5-6-11(18)4-2/h9-11H,3-8H2,1-2H3,(H,15,17). The zero-order valence-electron chi connectivity index (χ0n) is 11.7. The minimum atomic E-state index is 0.0129. The number of nitrogens with one attached hydrogen (secondary N) is 1. The van der Waals surface area contributed by atoms with Crippen molar-refractivity contribution >= 4 is 11.7 Å². The van der Waals surface area contributed by atoms with Crippen molar-refractivity contribution in [3.63, 3.8) is 0 Å². The average molecular weight is 262 g/mol. The van der Waals surface area contributed by atoms with Gasteiger partial charge in [-0.05, 0) is 25.7 Å². The number of carbonyl (C=O) groups is 1. The molecule has 1 aromatic heterocycles. The Bertz CT molecular complexity index is 418. The molecule has 0 aliphatic carbocycles. The second kappa shape index (κ2) is 6.50. The van der Waals surface area contributed by atoms with Gasteiger partial charge in [0.1, 0.15) is 11.5 Å². The van der Waals surface area contributed by atoms with Gasteiger partial charge in [-0.3, -0.25) is 4.79 Å². The van der Waals surface area contributed by atoms with Crippen molar-refractivity contribution in [2.45, 2.75) is 45.6 Å². The maximum absolute atomic E-state index is 12.3. The normalized spacial score (nSPS) is 18.6. The number of amides is 1. The summed E-state index contributed by atoms with van der Waals surface area (Å²) in [5.41, 5.74) is 0.447. The van der Waals surface area contributed by atoms with Gasteiger partial charge >= 0.3 is 0 Å². The van der Waals surface area contributed by atoms with Gasteiger partial charge in [-0.25, -0.2) is 9.97 Å². The monoisotopic (exact) mass is 262 g/mol. The van der Waals surface area contributed by atoms with Crippen molar-refractivity contribution in [1.82, 2.24) is 14.9 Å². The number of carbonyl (C=O) groups excluding carboxylic acids is 1. The fourth-order valence-corrected chi connectivity index (χ4v) is 2.46. The zero-order valence-corrected chi connectivity index (χ0v) is 11.7. The van der Waals surface area contributed by atoms with Gasteiger partial charge in [-0.15, -0.1) is 0 Å². The molecule has 104 valence electrons. The Morgan fingerprint density at radius 1 is 1.42 bits per heavy atom. The van der Waals surface area contributed by atoms with Crippen LogP contribution < -0.4 is 5.32 Å². The summed E-state index contributed by atoms with van der Waals surface area (Å²) in [4.78, 5) is 22.7. The van der Waals surface area contributed by atoms with Crippen LogP contribution in [0.3, 0.4) is 0 Å². The second-order valence-electron chi connectivity index (χ2n) is 4.92. The van der Waals surface area contributed by atoms with E-state index in [1.165, 1.54) is 0 Å². The third-order valence-electron chi connectivity index (χ3n) is 3.54. The predicted octanol–water partition coefficient (Wildman–Crippen LogP) is 2.31. The maximum atomic E-state index is 12.3. The first-order valence-corrected chi connectivity index (χ1v) is 7.13. The number of rotatable bonds is 5. The number of likely N-dealkylation sites (tertiary alicyclic amines) is 1. The lowest BCUT2D eigenvalue weighted by molar-refractivity contribution is 0.0727. The molecule has 0 saturated carbocycles. The smallest absolute Gasteiger partial charge is 0.274 e. The molecule has 1 aliphatic rings. The van der Waals surface area contributed by atoms with Crippen LogP contribution in [0.15, 0.2) is 12.4 Å². The lowest BCUT2D eigenvalue weighted by Crippen LogP contribution is -2.35. The molecule has 1 aromatic rings. The van der Waals surface area contributed by atoms with Crippen LogP contribution >= 0.6 is 0 Å². The lowest BCUT2D eigenvalue weighted by Gasteiger charge is -2.23. The van der Waals surface area contributed by atoms with E-state index >= 15 is 0 Å². The summed E-state index contributed by atoms with van der Waals surface area (Å²) in [6.45, 7) is 5.93. The van der Waals surface area contributed by atoms with Gasteiger partial charge in [0.25, 0.3) is 5.91 Å². The van der Waals surface area contributed by atoms with E-state index in [9.17, 15) is 4.79 Å². The van der Waals surface area contributed by atoms with Crippen LogP contribution in [0.25, 0.3) is 0 Å². The van der Waals surface area contributed by atoms with Crippen LogP contribution in [0.2, 0.25) is 0 Å². The van der Waals surface area contributed by atoms with Crippen molar-refractivity contribution in [3.8, 4) is 0 Å². The second-order valence-corrected chi connectivity index (χ2v) is 4.92. The van der Waals surface area contributed by atoms with Crippen molar-refractivity contribution in [3.05, 3.63) is 18.1 Å². The van der Waals surface area contributed by atoms with Gasteiger partial charge in [-0.1, -0.05) is 13.8 Å². The zero-order chi connectivity index (χ0) is 13.7. The fraction of sp³-hybridized carbons (Fsp3) is 0.643. The Balaban J connectivity index is 2.03. The van der Waals surface area contributed by atoms with E-state index in [2.05, 4.69) is 29.1 Å². The molecule has 1 aliphatic heterocycles. The molecule has 0 aromatic carbocycles. The first-order chi connectivity index (χ1) is 9.26. The third kappa shape index (κ3) is 3.22. The highest BCUT2D eigenvalue weighted by molar-refractivity contribution is 5.92. The van der Waals surface area contributed by atoms with Crippen molar-refractivity contribution in [2.24, 2.45) is 0 Å². The van der Waals surface area contributed by atoms with Gasteiger partial charge < -0.3 is 10.2 Å². The molecule has 1 saturated heterocycles. The largest absolute Gasteiger partial charge is 0.369 e. The molecular formula is C14H22N4O. The number of hydrogen-bond donors (Lipinski definition) is 1. The van der Waals surface area contributed by atoms with Gasteiger partial charge in [0.15, 0.2) is 0 Å². The van der Waals surface area contributed by atoms with Crippen LogP contribution in [0.5, 0.6) is 0 Å². The van der Waals surface area contributed by atoms with Crippen LogP contribution in [-0.4, -0.2) is 39.9 Å². The fourth-order valence-electron chi connectivity index (χ4n) is 2.46. The van der Waals surface area contributed by atoms with Gasteiger partial charge in [0.05, 0.1) is 12.4 Å². The van der Waals surface area contributed by atoms with Gasteiger partial charge in [0, 0.05) is 19.1 Å². The van der Waals surface area contributed by atoms with E-state index in [0.717, 1.165) is 44.6 Å². The molecular weight excluding hydrogens is 240 g/mol. The summed E-state index contributed by atoms with van der Waals surface area (Å²) in [5, 5.41) is 3.15. The molecule has 1 unspecified atom stereocenters. The lowest BCUT2D eigenvalue weighted by atomic mass is 10.1. The number of hydrogen-bond acceptors (Lipinski definition) is 4. The van der Waals surface area contributed by atoms with E-state index in [1.54, 1.807) is 12.4 Å². The molecule has 0 radical (unpaired) electrons. The molecule has 5 nitrogen and oxygen atoms in total. The molecule has 2 rings (SSSR count). The summed E-state index contributed by atoms with van der Waals surface area (Å²) in [6, 6.07) is 0.368. The Hall–Kier alpha value is -1.65. The molecule has 1 atom stereocenters. The highest BCUT2D eigenvalue weighted by atomic mass is 16.2. The van der Waals surface area contributed by atoms with Crippen molar-refractivity contribution < 1.29 is 4.79 Å². The molecule has 2 heterocycles. The molecule has 1 N–H and O–H groups in total. The van der Waals surface area contributed by atoms with Crippen molar-refractivity contribution in [2.75, 3.05) is 18.4 Å². The van der Waals surface area contributed by atoms with E-state index in [-0.39, 0.29) is 5.91 Å². The van der Waals surface area contributed by atoms with E-state index in [0.29, 0.717) is 11.7 Å². The Morgan fingerprint density at radius 2 is 2.26 bits per heavy atom. The highest BCUT2D eigenvalue weighted by Gasteiger charge is 2.28. The Morgan fingerprint density at radius 3 is 2.89 bits per heavy atom. The number of anilines is 1. The molecule has 1 amide bonds. The summed E-state index contributed by atoms with van der Waals surface area (Å²) in [6.07, 6.45) is 7.45. The third-order valence-corrected chi connectivity index (χ3v) is 3.54. The topological polar surface area (TPSA) is 58.1 Å². The highest BCUT2D eigenvalue weighted by Crippen LogP contribution is 2.21. The maximum Gasteiger partial charge on any atom is 0.274 e. The quantitative estimate of drug-likeness (QED) is 0.884. The summed E-state index contributed by atoms with van der Waals surface area (Å²) < 4.78 is 0. The first-order valence-electron chi connectivity index (χ1n) is 7.13. The minimum absolute atomic E-state index is 0.0129. The predicted molar refractivity (Wildman–Crippen MR) is 75.2 cm³/mol. The molecule has 0 spiro atoms. The van der Waals surface area contributed by atoms with Crippen molar-refractivity contribution in [1.29, 1.82) is 0 Å². The molecule has 0 bridgehead atoms. The van der Waals surface area contributed by atoms with Crippen LogP contribution in [0.1, 0.15) is 50.0 Å². The molecule has 5 heteroatoms. The van der Waals surface area contributed by atoms with Crippen LogP contribution in [0.4, 0.5) is 5.82 Å². The van der Waals surface area contributed by atoms with Crippen LogP contribution in [-0.2, 0) is 0 Å². The van der Waals surface area contributed by atoms with E-state index in [4.69, 9.17) is 0 Å². The Labute approximate surface area is 114 Å². The minimum Gasteiger partial charge on any atom is -0.369 e. The average Bonchev–Trinajstić information content (AvgIpc) is 2.93. The summed E-state index contributed by atoms with van der Waals surface area (Å²) in [5.74, 6) is 0.741. The number of nitrogens with zero attached hydrogens (tertiary/aromatic N) is 3. The van der Waals surface area contributed by atoms with Crippen LogP contribution in [0, 0.1) is 0 Å². The molecule has 19 heavy (non-hydrogen) atoms.